The molecule has 1 amide bonds. The summed E-state index contributed by atoms with van der Waals surface area (Å²) in [7, 11) is 0. The van der Waals surface area contributed by atoms with Gasteiger partial charge in [0.15, 0.2) is 5.69 Å². The number of nitrogens with zero attached hydrogens (tertiary/aromatic N) is 2. The number of carbonyl (C=O) groups excluding carboxylic acids is 1. The van der Waals surface area contributed by atoms with E-state index in [0.717, 1.165) is 18.4 Å². The van der Waals surface area contributed by atoms with Crippen LogP contribution in [0.2, 0.25) is 5.02 Å². The molecule has 23 heavy (non-hydrogen) atoms. The summed E-state index contributed by atoms with van der Waals surface area (Å²) in [5.41, 5.74) is 1.21. The van der Waals surface area contributed by atoms with Gasteiger partial charge in [0.05, 0.1) is 6.10 Å². The molecular weight excluding hydrogens is 316 g/mol. The summed E-state index contributed by atoms with van der Waals surface area (Å²) in [5, 5.41) is 14.9. The third-order valence-electron chi connectivity index (χ3n) is 4.33. The van der Waals surface area contributed by atoms with E-state index in [9.17, 15) is 9.90 Å². The van der Waals surface area contributed by atoms with Gasteiger partial charge in [0.1, 0.15) is 5.76 Å². The number of hydrogen-bond donors (Lipinski definition) is 1. The van der Waals surface area contributed by atoms with Crippen LogP contribution in [0.3, 0.4) is 0 Å². The number of amides is 1. The first kappa shape index (κ1) is 16.0. The zero-order valence-electron chi connectivity index (χ0n) is 12.9. The molecule has 1 unspecified atom stereocenters. The van der Waals surface area contributed by atoms with Crippen molar-refractivity contribution >= 4 is 17.5 Å². The number of halogens is 1. The highest BCUT2D eigenvalue weighted by atomic mass is 35.5. The van der Waals surface area contributed by atoms with Crippen molar-refractivity contribution in [3.8, 4) is 0 Å². The number of aryl methyl sites for hydroxylation is 1. The maximum atomic E-state index is 12.3. The van der Waals surface area contributed by atoms with E-state index >= 15 is 0 Å². The second-order valence-corrected chi connectivity index (χ2v) is 6.39. The minimum absolute atomic E-state index is 0.110. The highest BCUT2D eigenvalue weighted by molar-refractivity contribution is 6.30. The molecule has 3 rings (SSSR count). The van der Waals surface area contributed by atoms with E-state index in [0.29, 0.717) is 29.6 Å². The molecule has 2 aromatic rings. The maximum Gasteiger partial charge on any atom is 0.276 e. The fraction of sp³-hybridized carbons (Fsp3) is 0.412. The zero-order valence-corrected chi connectivity index (χ0v) is 13.7. The SMILES string of the molecule is Cc1cc(C(=O)N2CCC(C(O)c3ccc(Cl)cc3)CC2)no1. The van der Waals surface area contributed by atoms with Gasteiger partial charge in [0.2, 0.25) is 0 Å². The Bertz CT molecular complexity index is 675. The molecule has 1 aromatic heterocycles. The fourth-order valence-corrected chi connectivity index (χ4v) is 3.11. The molecule has 1 aliphatic rings. The minimum atomic E-state index is -0.529. The number of aliphatic hydroxyl groups excluding tert-OH is 1. The molecule has 1 aliphatic heterocycles. The van der Waals surface area contributed by atoms with E-state index in [4.69, 9.17) is 16.1 Å². The Morgan fingerprint density at radius 2 is 2.00 bits per heavy atom. The predicted octanol–water partition coefficient (Wildman–Crippen LogP) is 3.22. The van der Waals surface area contributed by atoms with Gasteiger partial charge < -0.3 is 14.5 Å². The average molecular weight is 335 g/mol. The Morgan fingerprint density at radius 1 is 1.35 bits per heavy atom. The number of rotatable bonds is 3. The lowest BCUT2D eigenvalue weighted by atomic mass is 9.87. The van der Waals surface area contributed by atoms with Crippen LogP contribution in [0.1, 0.15) is 40.8 Å². The topological polar surface area (TPSA) is 66.6 Å². The van der Waals surface area contributed by atoms with Gasteiger partial charge in [-0.05, 0) is 43.4 Å². The van der Waals surface area contributed by atoms with Crippen LogP contribution in [-0.2, 0) is 0 Å². The molecule has 0 bridgehead atoms. The van der Waals surface area contributed by atoms with Crippen molar-refractivity contribution < 1.29 is 14.4 Å². The summed E-state index contributed by atoms with van der Waals surface area (Å²) < 4.78 is 4.95. The molecule has 122 valence electrons. The van der Waals surface area contributed by atoms with E-state index < -0.39 is 6.10 Å². The van der Waals surface area contributed by atoms with Crippen LogP contribution in [-0.4, -0.2) is 34.2 Å². The van der Waals surface area contributed by atoms with Crippen LogP contribution in [0.5, 0.6) is 0 Å². The van der Waals surface area contributed by atoms with E-state index in [1.54, 1.807) is 30.0 Å². The summed E-state index contributed by atoms with van der Waals surface area (Å²) in [4.78, 5) is 14.1. The molecule has 0 aliphatic carbocycles. The van der Waals surface area contributed by atoms with Gasteiger partial charge in [0, 0.05) is 24.2 Å². The molecular formula is C17H19ClN2O3. The quantitative estimate of drug-likeness (QED) is 0.935. The maximum absolute atomic E-state index is 12.3. The largest absolute Gasteiger partial charge is 0.388 e. The molecule has 1 fully saturated rings. The molecule has 6 heteroatoms. The van der Waals surface area contributed by atoms with Crippen molar-refractivity contribution in [2.24, 2.45) is 5.92 Å². The van der Waals surface area contributed by atoms with Crippen LogP contribution >= 0.6 is 11.6 Å². The summed E-state index contributed by atoms with van der Waals surface area (Å²) >= 11 is 5.88. The van der Waals surface area contributed by atoms with Crippen molar-refractivity contribution in [3.05, 3.63) is 52.4 Å². The highest BCUT2D eigenvalue weighted by Crippen LogP contribution is 2.31. The lowest BCUT2D eigenvalue weighted by molar-refractivity contribution is 0.0456. The first-order valence-electron chi connectivity index (χ1n) is 7.70. The molecule has 1 atom stereocenters. The summed E-state index contributed by atoms with van der Waals surface area (Å²) in [6, 6.07) is 8.92. The van der Waals surface area contributed by atoms with E-state index in [1.807, 2.05) is 12.1 Å². The fourth-order valence-electron chi connectivity index (χ4n) is 2.98. The number of aliphatic hydroxyl groups is 1. The predicted molar refractivity (Wildman–Crippen MR) is 86.3 cm³/mol. The van der Waals surface area contributed by atoms with E-state index in [1.165, 1.54) is 0 Å². The summed E-state index contributed by atoms with van der Waals surface area (Å²) in [6.07, 6.45) is 0.984. The number of piperidine rings is 1. The average Bonchev–Trinajstić information content (AvgIpc) is 3.01. The Morgan fingerprint density at radius 3 is 2.57 bits per heavy atom. The van der Waals surface area contributed by atoms with Gasteiger partial charge in [-0.2, -0.15) is 0 Å². The van der Waals surface area contributed by atoms with Gasteiger partial charge in [-0.3, -0.25) is 4.79 Å². The lowest BCUT2D eigenvalue weighted by Gasteiger charge is -2.34. The summed E-state index contributed by atoms with van der Waals surface area (Å²) in [5.74, 6) is 0.655. The molecule has 2 heterocycles. The molecule has 5 nitrogen and oxygen atoms in total. The highest BCUT2D eigenvalue weighted by Gasteiger charge is 2.29. The Labute approximate surface area is 139 Å². The molecule has 0 saturated carbocycles. The first-order valence-corrected chi connectivity index (χ1v) is 8.08. The molecule has 1 N–H and O–H groups in total. The van der Waals surface area contributed by atoms with Crippen molar-refractivity contribution in [3.63, 3.8) is 0 Å². The van der Waals surface area contributed by atoms with E-state index in [-0.39, 0.29) is 11.8 Å². The standard InChI is InChI=1S/C17H19ClN2O3/c1-11-10-15(19-23-11)17(22)20-8-6-13(7-9-20)16(21)12-2-4-14(18)5-3-12/h2-5,10,13,16,21H,6-9H2,1H3. The monoisotopic (exact) mass is 334 g/mol. The normalized spacial score (nSPS) is 17.3. The van der Waals surface area contributed by atoms with Crippen LogP contribution in [0.15, 0.2) is 34.9 Å². The smallest absolute Gasteiger partial charge is 0.276 e. The van der Waals surface area contributed by atoms with Crippen LogP contribution in [0.25, 0.3) is 0 Å². The minimum Gasteiger partial charge on any atom is -0.388 e. The molecule has 1 aromatic carbocycles. The van der Waals surface area contributed by atoms with Gasteiger partial charge in [-0.1, -0.05) is 28.9 Å². The molecule has 0 spiro atoms. The van der Waals surface area contributed by atoms with E-state index in [2.05, 4.69) is 5.16 Å². The van der Waals surface area contributed by atoms with Crippen LogP contribution in [0, 0.1) is 12.8 Å². The van der Waals surface area contributed by atoms with Crippen molar-refractivity contribution in [1.29, 1.82) is 0 Å². The van der Waals surface area contributed by atoms with Crippen molar-refractivity contribution in [2.75, 3.05) is 13.1 Å². The number of benzene rings is 1. The summed E-state index contributed by atoms with van der Waals surface area (Å²) in [6.45, 7) is 2.98. The second-order valence-electron chi connectivity index (χ2n) is 5.95. The number of likely N-dealkylation sites (tertiary alicyclic amines) is 1. The molecule has 0 radical (unpaired) electrons. The molecule has 1 saturated heterocycles. The number of hydrogen-bond acceptors (Lipinski definition) is 4. The second kappa shape index (κ2) is 6.72. The van der Waals surface area contributed by atoms with Gasteiger partial charge >= 0.3 is 0 Å². The van der Waals surface area contributed by atoms with Crippen LogP contribution < -0.4 is 0 Å². The third kappa shape index (κ3) is 3.57. The Hall–Kier alpha value is -1.85. The van der Waals surface area contributed by atoms with Crippen molar-refractivity contribution in [2.45, 2.75) is 25.9 Å². The van der Waals surface area contributed by atoms with Gasteiger partial charge in [-0.25, -0.2) is 0 Å². The van der Waals surface area contributed by atoms with Crippen molar-refractivity contribution in [1.82, 2.24) is 10.1 Å². The van der Waals surface area contributed by atoms with Gasteiger partial charge in [-0.15, -0.1) is 0 Å². The Kier molecular flexibility index (Phi) is 4.68. The lowest BCUT2D eigenvalue weighted by Crippen LogP contribution is -2.39. The first-order chi connectivity index (χ1) is 11.0. The Balaban J connectivity index is 1.59. The van der Waals surface area contributed by atoms with Crippen LogP contribution in [0.4, 0.5) is 0 Å². The number of aromatic nitrogens is 1. The third-order valence-corrected chi connectivity index (χ3v) is 4.58. The van der Waals surface area contributed by atoms with Gasteiger partial charge in [0.25, 0.3) is 5.91 Å². The zero-order chi connectivity index (χ0) is 16.4. The number of carbonyl (C=O) groups is 1.